The van der Waals surface area contributed by atoms with Gasteiger partial charge in [0.05, 0.1) is 0 Å². The topological polar surface area (TPSA) is 69.7 Å². The second kappa shape index (κ2) is 10.3. The molecule has 158 valence electrons. The molecule has 2 heterocycles. The van der Waals surface area contributed by atoms with Gasteiger partial charge in [0.1, 0.15) is 4.21 Å². The van der Waals surface area contributed by atoms with Crippen molar-refractivity contribution >= 4 is 27.3 Å². The van der Waals surface area contributed by atoms with Crippen LogP contribution in [-0.2, 0) is 27.9 Å². The summed E-state index contributed by atoms with van der Waals surface area (Å²) < 4.78 is 26.4. The Kier molecular flexibility index (Phi) is 7.83. The van der Waals surface area contributed by atoms with Crippen molar-refractivity contribution in [3.8, 4) is 0 Å². The van der Waals surface area contributed by atoms with E-state index in [1.54, 1.807) is 24.6 Å². The van der Waals surface area contributed by atoms with Gasteiger partial charge in [0.2, 0.25) is 5.91 Å². The summed E-state index contributed by atoms with van der Waals surface area (Å²) in [4.78, 5) is 14.7. The third-order valence-corrected chi connectivity index (χ3v) is 8.45. The van der Waals surface area contributed by atoms with Crippen molar-refractivity contribution in [2.75, 3.05) is 26.7 Å². The van der Waals surface area contributed by atoms with E-state index in [4.69, 9.17) is 0 Å². The molecule has 0 bridgehead atoms. The maximum absolute atomic E-state index is 12.4. The van der Waals surface area contributed by atoms with Gasteiger partial charge < -0.3 is 5.32 Å². The van der Waals surface area contributed by atoms with Crippen molar-refractivity contribution in [1.82, 2.24) is 14.5 Å². The van der Waals surface area contributed by atoms with Crippen LogP contribution in [-0.4, -0.2) is 50.2 Å². The molecule has 8 heteroatoms. The van der Waals surface area contributed by atoms with E-state index in [9.17, 15) is 13.2 Å². The van der Waals surface area contributed by atoms with Crippen molar-refractivity contribution in [2.24, 2.45) is 0 Å². The van der Waals surface area contributed by atoms with Crippen molar-refractivity contribution in [1.29, 1.82) is 0 Å². The van der Waals surface area contributed by atoms with Gasteiger partial charge in [0.15, 0.2) is 0 Å². The molecule has 0 aliphatic carbocycles. The summed E-state index contributed by atoms with van der Waals surface area (Å²) in [7, 11) is -1.89. The molecule has 1 aliphatic heterocycles. The van der Waals surface area contributed by atoms with Crippen LogP contribution in [0.2, 0.25) is 0 Å². The fourth-order valence-electron chi connectivity index (χ4n) is 3.49. The van der Waals surface area contributed by atoms with Crippen LogP contribution >= 0.6 is 11.3 Å². The molecular formula is C21H29N3O3S2. The van der Waals surface area contributed by atoms with E-state index in [0.29, 0.717) is 30.1 Å². The van der Waals surface area contributed by atoms with Gasteiger partial charge in [-0.2, -0.15) is 0 Å². The quantitative estimate of drug-likeness (QED) is 0.623. The second-order valence-corrected chi connectivity index (χ2v) is 10.6. The first-order valence-corrected chi connectivity index (χ1v) is 12.3. The van der Waals surface area contributed by atoms with Crippen LogP contribution in [0.15, 0.2) is 46.0 Å². The van der Waals surface area contributed by atoms with Gasteiger partial charge in [-0.25, -0.2) is 12.7 Å². The average molecular weight is 436 g/mol. The van der Waals surface area contributed by atoms with Crippen molar-refractivity contribution < 1.29 is 13.2 Å². The molecule has 1 amide bonds. The van der Waals surface area contributed by atoms with Crippen LogP contribution in [0.5, 0.6) is 0 Å². The van der Waals surface area contributed by atoms with Crippen LogP contribution in [0.1, 0.15) is 36.8 Å². The Balaban J connectivity index is 1.43. The third-order valence-electron chi connectivity index (χ3n) is 5.22. The number of amides is 1. The van der Waals surface area contributed by atoms with Gasteiger partial charge in [-0.3, -0.25) is 9.69 Å². The molecule has 3 rings (SSSR count). The fourth-order valence-corrected chi connectivity index (χ4v) is 5.90. The van der Waals surface area contributed by atoms with E-state index in [0.717, 1.165) is 25.2 Å². The first-order valence-electron chi connectivity index (χ1n) is 10.0. The molecule has 1 saturated heterocycles. The molecule has 0 atom stereocenters. The molecule has 6 nitrogen and oxygen atoms in total. The minimum absolute atomic E-state index is 0.0529. The number of nitrogens with zero attached hydrogens (tertiary/aromatic N) is 2. The highest BCUT2D eigenvalue weighted by molar-refractivity contribution is 7.91. The molecule has 1 N–H and O–H groups in total. The first kappa shape index (κ1) is 22.0. The minimum Gasteiger partial charge on any atom is -0.352 e. The Morgan fingerprint density at radius 2 is 1.86 bits per heavy atom. The summed E-state index contributed by atoms with van der Waals surface area (Å²) in [5, 5.41) is 4.73. The number of carbonyl (C=O) groups excluding carboxylic acids is 1. The maximum atomic E-state index is 12.4. The number of hydrogen-bond donors (Lipinski definition) is 1. The van der Waals surface area contributed by atoms with E-state index >= 15 is 0 Å². The zero-order valence-electron chi connectivity index (χ0n) is 16.8. The van der Waals surface area contributed by atoms with Crippen LogP contribution in [0.25, 0.3) is 0 Å². The van der Waals surface area contributed by atoms with E-state index in [2.05, 4.69) is 22.3 Å². The molecule has 1 aliphatic rings. The summed E-state index contributed by atoms with van der Waals surface area (Å²) in [6.45, 7) is 4.04. The summed E-state index contributed by atoms with van der Waals surface area (Å²) in [5.74, 6) is -0.0529. The summed E-state index contributed by atoms with van der Waals surface area (Å²) in [6.07, 6.45) is 3.31. The number of benzene rings is 1. The SMILES string of the molecule is CN(CCCC(=O)NCc1ccccc1CN1CCCC1)S(=O)(=O)c1cccs1. The summed E-state index contributed by atoms with van der Waals surface area (Å²) >= 11 is 1.20. The Labute approximate surface area is 177 Å². The molecule has 1 aromatic carbocycles. The largest absolute Gasteiger partial charge is 0.352 e. The van der Waals surface area contributed by atoms with Crippen molar-refractivity contribution in [2.45, 2.75) is 43.0 Å². The molecule has 0 spiro atoms. The average Bonchev–Trinajstić information content (AvgIpc) is 3.41. The third kappa shape index (κ3) is 6.12. The Hall–Kier alpha value is -1.74. The Morgan fingerprint density at radius 3 is 2.55 bits per heavy atom. The van der Waals surface area contributed by atoms with Crippen molar-refractivity contribution in [3.05, 3.63) is 52.9 Å². The van der Waals surface area contributed by atoms with Gasteiger partial charge >= 0.3 is 0 Å². The highest BCUT2D eigenvalue weighted by Crippen LogP contribution is 2.20. The smallest absolute Gasteiger partial charge is 0.252 e. The lowest BCUT2D eigenvalue weighted by Gasteiger charge is -2.18. The zero-order chi connectivity index (χ0) is 20.7. The maximum Gasteiger partial charge on any atom is 0.252 e. The Bertz CT molecular complexity index is 892. The summed E-state index contributed by atoms with van der Waals surface area (Å²) in [6, 6.07) is 11.6. The highest BCUT2D eigenvalue weighted by Gasteiger charge is 2.21. The van der Waals surface area contributed by atoms with E-state index in [-0.39, 0.29) is 5.91 Å². The number of nitrogens with one attached hydrogen (secondary N) is 1. The first-order chi connectivity index (χ1) is 14.0. The Morgan fingerprint density at radius 1 is 1.14 bits per heavy atom. The van der Waals surface area contributed by atoms with Crippen LogP contribution in [0.4, 0.5) is 0 Å². The number of rotatable bonds is 10. The zero-order valence-corrected chi connectivity index (χ0v) is 18.5. The normalized spacial score (nSPS) is 15.1. The van der Waals surface area contributed by atoms with E-state index < -0.39 is 10.0 Å². The number of sulfonamides is 1. The summed E-state index contributed by atoms with van der Waals surface area (Å²) in [5.41, 5.74) is 2.40. The van der Waals surface area contributed by atoms with Crippen molar-refractivity contribution in [3.63, 3.8) is 0 Å². The molecule has 0 unspecified atom stereocenters. The number of thiophene rings is 1. The second-order valence-electron chi connectivity index (χ2n) is 7.39. The van der Waals surface area contributed by atoms with E-state index in [1.165, 1.54) is 34.0 Å². The lowest BCUT2D eigenvalue weighted by molar-refractivity contribution is -0.121. The van der Waals surface area contributed by atoms with Crippen LogP contribution < -0.4 is 5.32 Å². The molecule has 2 aromatic rings. The predicted molar refractivity (Wildman–Crippen MR) is 116 cm³/mol. The lowest BCUT2D eigenvalue weighted by Crippen LogP contribution is -2.29. The molecule has 1 aromatic heterocycles. The van der Waals surface area contributed by atoms with Gasteiger partial charge in [-0.05, 0) is 54.9 Å². The number of likely N-dealkylation sites (tertiary alicyclic amines) is 1. The van der Waals surface area contributed by atoms with Crippen LogP contribution in [0, 0.1) is 0 Å². The van der Waals surface area contributed by atoms with Gasteiger partial charge in [0.25, 0.3) is 10.0 Å². The molecule has 0 radical (unpaired) electrons. The standard InChI is InChI=1S/C21H29N3O3S2/c1-23(29(26,27)21-11-7-15-28-21)12-6-10-20(25)22-16-18-8-2-3-9-19(18)17-24-13-4-5-14-24/h2-3,7-9,11,15H,4-6,10,12-14,16-17H2,1H3,(H,22,25). The van der Waals surface area contributed by atoms with Gasteiger partial charge in [-0.1, -0.05) is 30.3 Å². The van der Waals surface area contributed by atoms with Gasteiger partial charge in [-0.15, -0.1) is 11.3 Å². The minimum atomic E-state index is -3.45. The number of hydrogen-bond acceptors (Lipinski definition) is 5. The fraction of sp³-hybridized carbons (Fsp3) is 0.476. The number of carbonyl (C=O) groups is 1. The van der Waals surface area contributed by atoms with Gasteiger partial charge in [0, 0.05) is 33.1 Å². The monoisotopic (exact) mass is 435 g/mol. The predicted octanol–water partition coefficient (Wildman–Crippen LogP) is 3.06. The van der Waals surface area contributed by atoms with E-state index in [1.807, 2.05) is 12.1 Å². The molecule has 0 saturated carbocycles. The molecular weight excluding hydrogens is 406 g/mol. The highest BCUT2D eigenvalue weighted by atomic mass is 32.2. The molecule has 1 fully saturated rings. The van der Waals surface area contributed by atoms with Crippen LogP contribution in [0.3, 0.4) is 0 Å². The molecule has 29 heavy (non-hydrogen) atoms. The lowest BCUT2D eigenvalue weighted by atomic mass is 10.1.